The summed E-state index contributed by atoms with van der Waals surface area (Å²) in [6, 6.07) is 15.2. The minimum Gasteiger partial charge on any atom is -0.457 e. The molecule has 1 saturated heterocycles. The number of carbonyl (C=O) groups is 1. The van der Waals surface area contributed by atoms with E-state index >= 15 is 0 Å². The molecule has 2 aromatic rings. The fourth-order valence-corrected chi connectivity index (χ4v) is 2.50. The number of hydrogen-bond donors (Lipinski definition) is 1. The topological polar surface area (TPSA) is 50.8 Å². The van der Waals surface area contributed by atoms with Crippen molar-refractivity contribution in [3.05, 3.63) is 61.2 Å². The van der Waals surface area contributed by atoms with Gasteiger partial charge in [-0.2, -0.15) is 0 Å². The highest BCUT2D eigenvalue weighted by atomic mass is 16.5. The zero-order valence-corrected chi connectivity index (χ0v) is 13.4. The van der Waals surface area contributed by atoms with Gasteiger partial charge >= 0.3 is 0 Å². The largest absolute Gasteiger partial charge is 0.457 e. The van der Waals surface area contributed by atoms with Crippen molar-refractivity contribution in [2.24, 2.45) is 0 Å². The number of benzene rings is 2. The van der Waals surface area contributed by atoms with Gasteiger partial charge in [0.25, 0.3) is 0 Å². The predicted molar refractivity (Wildman–Crippen MR) is 94.8 cm³/mol. The molecule has 3 rings (SSSR count). The Morgan fingerprint density at radius 2 is 1.88 bits per heavy atom. The molecule has 1 aliphatic rings. The predicted octanol–water partition coefficient (Wildman–Crippen LogP) is 3.44. The lowest BCUT2D eigenvalue weighted by molar-refractivity contribution is -0.111. The molecule has 1 aliphatic heterocycles. The highest BCUT2D eigenvalue weighted by Gasteiger charge is 2.11. The number of hydrogen-bond acceptors (Lipinski definition) is 4. The first kappa shape index (κ1) is 16.1. The van der Waals surface area contributed by atoms with Crippen LogP contribution in [-0.4, -0.2) is 32.2 Å². The number of morpholine rings is 1. The van der Waals surface area contributed by atoms with Gasteiger partial charge in [-0.25, -0.2) is 0 Å². The van der Waals surface area contributed by atoms with Crippen molar-refractivity contribution in [2.75, 3.05) is 36.5 Å². The van der Waals surface area contributed by atoms with E-state index in [1.165, 1.54) is 6.08 Å². The molecule has 0 unspecified atom stereocenters. The fourth-order valence-electron chi connectivity index (χ4n) is 2.50. The number of rotatable bonds is 5. The molecule has 2 aromatic carbocycles. The second-order valence-corrected chi connectivity index (χ2v) is 5.42. The first-order chi connectivity index (χ1) is 11.7. The lowest BCUT2D eigenvalue weighted by Gasteiger charge is -2.29. The lowest BCUT2D eigenvalue weighted by Crippen LogP contribution is -2.36. The van der Waals surface area contributed by atoms with Gasteiger partial charge < -0.3 is 19.7 Å². The van der Waals surface area contributed by atoms with Gasteiger partial charge in [-0.1, -0.05) is 12.6 Å². The van der Waals surface area contributed by atoms with Crippen molar-refractivity contribution in [2.45, 2.75) is 0 Å². The van der Waals surface area contributed by atoms with E-state index in [9.17, 15) is 4.79 Å². The molecule has 5 nitrogen and oxygen atoms in total. The van der Waals surface area contributed by atoms with Crippen LogP contribution in [0.3, 0.4) is 0 Å². The van der Waals surface area contributed by atoms with Crippen LogP contribution in [0.2, 0.25) is 0 Å². The van der Waals surface area contributed by atoms with Crippen LogP contribution in [0.25, 0.3) is 0 Å². The summed E-state index contributed by atoms with van der Waals surface area (Å²) in [5, 5.41) is 2.70. The smallest absolute Gasteiger partial charge is 0.247 e. The molecule has 5 heteroatoms. The maximum Gasteiger partial charge on any atom is 0.247 e. The van der Waals surface area contributed by atoms with Crippen LogP contribution in [0.1, 0.15) is 0 Å². The number of amides is 1. The van der Waals surface area contributed by atoms with Gasteiger partial charge in [0.2, 0.25) is 5.91 Å². The summed E-state index contributed by atoms with van der Waals surface area (Å²) in [5.74, 6) is 1.26. The average Bonchev–Trinajstić information content (AvgIpc) is 2.64. The summed E-state index contributed by atoms with van der Waals surface area (Å²) in [6.07, 6.45) is 1.24. The van der Waals surface area contributed by atoms with E-state index in [-0.39, 0.29) is 5.91 Å². The Kier molecular flexibility index (Phi) is 5.13. The zero-order chi connectivity index (χ0) is 16.8. The van der Waals surface area contributed by atoms with Gasteiger partial charge in [0, 0.05) is 30.5 Å². The molecule has 0 atom stereocenters. The first-order valence-corrected chi connectivity index (χ1v) is 7.89. The molecule has 0 radical (unpaired) electrons. The highest BCUT2D eigenvalue weighted by molar-refractivity contribution is 5.98. The first-order valence-electron chi connectivity index (χ1n) is 7.89. The molecule has 1 heterocycles. The molecule has 0 aliphatic carbocycles. The van der Waals surface area contributed by atoms with E-state index in [1.807, 2.05) is 30.3 Å². The summed E-state index contributed by atoms with van der Waals surface area (Å²) < 4.78 is 11.3. The maximum absolute atomic E-state index is 11.3. The Balaban J connectivity index is 1.67. The van der Waals surface area contributed by atoms with E-state index in [4.69, 9.17) is 9.47 Å². The summed E-state index contributed by atoms with van der Waals surface area (Å²) >= 11 is 0. The summed E-state index contributed by atoms with van der Waals surface area (Å²) in [5.41, 5.74) is 1.83. The third-order valence-electron chi connectivity index (χ3n) is 3.74. The van der Waals surface area contributed by atoms with Crippen molar-refractivity contribution in [1.82, 2.24) is 0 Å². The third-order valence-corrected chi connectivity index (χ3v) is 3.74. The van der Waals surface area contributed by atoms with Crippen molar-refractivity contribution in [3.8, 4) is 11.5 Å². The maximum atomic E-state index is 11.3. The quantitative estimate of drug-likeness (QED) is 0.856. The molecule has 124 valence electrons. The summed E-state index contributed by atoms with van der Waals surface area (Å²) in [6.45, 7) is 6.71. The van der Waals surface area contributed by atoms with Gasteiger partial charge in [-0.15, -0.1) is 0 Å². The summed E-state index contributed by atoms with van der Waals surface area (Å²) in [4.78, 5) is 13.6. The van der Waals surface area contributed by atoms with Crippen LogP contribution in [0, 0.1) is 0 Å². The minimum absolute atomic E-state index is 0.234. The second kappa shape index (κ2) is 7.66. The molecular formula is C19H20N2O3. The molecule has 1 fully saturated rings. The zero-order valence-electron chi connectivity index (χ0n) is 13.4. The Labute approximate surface area is 141 Å². The van der Waals surface area contributed by atoms with Gasteiger partial charge in [0.15, 0.2) is 0 Å². The third kappa shape index (κ3) is 4.14. The summed E-state index contributed by atoms with van der Waals surface area (Å²) in [7, 11) is 0. The SMILES string of the molecule is C=CC(=O)Nc1ccc(Oc2cccc(N3CCOCC3)c2)cc1. The lowest BCUT2D eigenvalue weighted by atomic mass is 10.2. The second-order valence-electron chi connectivity index (χ2n) is 5.42. The van der Waals surface area contributed by atoms with Crippen LogP contribution in [0.15, 0.2) is 61.2 Å². The van der Waals surface area contributed by atoms with Crippen LogP contribution >= 0.6 is 0 Å². The van der Waals surface area contributed by atoms with Gasteiger partial charge in [0.1, 0.15) is 11.5 Å². The Hall–Kier alpha value is -2.79. The van der Waals surface area contributed by atoms with Gasteiger partial charge in [-0.05, 0) is 42.5 Å². The Morgan fingerprint density at radius 3 is 2.58 bits per heavy atom. The van der Waals surface area contributed by atoms with Crippen LogP contribution in [0.4, 0.5) is 11.4 Å². The molecule has 0 spiro atoms. The van der Waals surface area contributed by atoms with Crippen molar-refractivity contribution >= 4 is 17.3 Å². The van der Waals surface area contributed by atoms with E-state index in [0.717, 1.165) is 37.7 Å². The van der Waals surface area contributed by atoms with E-state index < -0.39 is 0 Å². The molecule has 0 bridgehead atoms. The molecule has 1 amide bonds. The monoisotopic (exact) mass is 324 g/mol. The molecule has 24 heavy (non-hydrogen) atoms. The molecule has 1 N–H and O–H groups in total. The normalized spacial score (nSPS) is 14.1. The Bertz CT molecular complexity index is 707. The molecule has 0 aromatic heterocycles. The number of ether oxygens (including phenoxy) is 2. The van der Waals surface area contributed by atoms with Gasteiger partial charge in [-0.3, -0.25) is 4.79 Å². The van der Waals surface area contributed by atoms with Crippen LogP contribution in [0.5, 0.6) is 11.5 Å². The number of nitrogens with one attached hydrogen (secondary N) is 1. The number of carbonyl (C=O) groups excluding carboxylic acids is 1. The average molecular weight is 324 g/mol. The van der Waals surface area contributed by atoms with Crippen molar-refractivity contribution in [3.63, 3.8) is 0 Å². The molecular weight excluding hydrogens is 304 g/mol. The van der Waals surface area contributed by atoms with Crippen molar-refractivity contribution < 1.29 is 14.3 Å². The highest BCUT2D eigenvalue weighted by Crippen LogP contribution is 2.27. The van der Waals surface area contributed by atoms with Crippen LogP contribution in [-0.2, 0) is 9.53 Å². The van der Waals surface area contributed by atoms with E-state index in [0.29, 0.717) is 11.4 Å². The van der Waals surface area contributed by atoms with Gasteiger partial charge in [0.05, 0.1) is 13.2 Å². The number of nitrogens with zero attached hydrogens (tertiary/aromatic N) is 1. The number of anilines is 2. The van der Waals surface area contributed by atoms with Crippen LogP contribution < -0.4 is 15.0 Å². The van der Waals surface area contributed by atoms with E-state index in [1.54, 1.807) is 12.1 Å². The molecule has 0 saturated carbocycles. The standard InChI is InChI=1S/C19H20N2O3/c1-2-19(22)20-15-6-8-17(9-7-15)24-18-5-3-4-16(14-18)21-10-12-23-13-11-21/h2-9,14H,1,10-13H2,(H,20,22). The Morgan fingerprint density at radius 1 is 1.12 bits per heavy atom. The van der Waals surface area contributed by atoms with E-state index in [2.05, 4.69) is 22.9 Å². The minimum atomic E-state index is -0.234. The fraction of sp³-hybridized carbons (Fsp3) is 0.211. The van der Waals surface area contributed by atoms with Crippen molar-refractivity contribution in [1.29, 1.82) is 0 Å².